The van der Waals surface area contributed by atoms with Gasteiger partial charge in [0.05, 0.1) is 13.2 Å². The molecule has 0 fully saturated rings. The number of ether oxygens (including phenoxy) is 1. The van der Waals surface area contributed by atoms with Crippen LogP contribution in [0.1, 0.15) is 11.6 Å². The molecule has 108 valence electrons. The zero-order valence-corrected chi connectivity index (χ0v) is 12.9. The standard InChI is InChI=1S/C14H24ClN3O/c1-17(2)8-9-18(3)12(10-16)14-11(15)6-5-7-13(14)19-4/h5-7,12H,8-10,16H2,1-4H3. The van der Waals surface area contributed by atoms with Gasteiger partial charge in [0, 0.05) is 30.2 Å². The predicted molar refractivity (Wildman–Crippen MR) is 81.0 cm³/mol. The number of halogens is 1. The van der Waals surface area contributed by atoms with E-state index in [1.54, 1.807) is 7.11 Å². The highest BCUT2D eigenvalue weighted by atomic mass is 35.5. The molecule has 0 heterocycles. The second-order valence-electron chi connectivity index (χ2n) is 4.89. The van der Waals surface area contributed by atoms with Crippen molar-refractivity contribution in [1.29, 1.82) is 0 Å². The van der Waals surface area contributed by atoms with Crippen LogP contribution < -0.4 is 10.5 Å². The first kappa shape index (κ1) is 16.2. The molecular weight excluding hydrogens is 262 g/mol. The number of hydrogen-bond acceptors (Lipinski definition) is 4. The topological polar surface area (TPSA) is 41.7 Å². The van der Waals surface area contributed by atoms with E-state index in [-0.39, 0.29) is 6.04 Å². The smallest absolute Gasteiger partial charge is 0.125 e. The number of rotatable bonds is 7. The fraction of sp³-hybridized carbons (Fsp3) is 0.571. The molecule has 0 aliphatic carbocycles. The highest BCUT2D eigenvalue weighted by Crippen LogP contribution is 2.34. The Bertz CT molecular complexity index is 398. The number of hydrogen-bond donors (Lipinski definition) is 1. The predicted octanol–water partition coefficient (Wildman–Crippen LogP) is 1.84. The van der Waals surface area contributed by atoms with Crippen molar-refractivity contribution in [1.82, 2.24) is 9.80 Å². The quantitative estimate of drug-likeness (QED) is 0.830. The van der Waals surface area contributed by atoms with Crippen LogP contribution in [0.4, 0.5) is 0 Å². The summed E-state index contributed by atoms with van der Waals surface area (Å²) in [5.74, 6) is 0.791. The summed E-state index contributed by atoms with van der Waals surface area (Å²) >= 11 is 6.32. The molecule has 2 N–H and O–H groups in total. The van der Waals surface area contributed by atoms with Gasteiger partial charge in [0.1, 0.15) is 5.75 Å². The molecule has 0 aromatic heterocycles. The van der Waals surface area contributed by atoms with Gasteiger partial charge in [0.25, 0.3) is 0 Å². The van der Waals surface area contributed by atoms with Gasteiger partial charge < -0.3 is 15.4 Å². The summed E-state index contributed by atoms with van der Waals surface area (Å²) in [6.07, 6.45) is 0. The molecule has 0 aliphatic rings. The molecule has 1 atom stereocenters. The van der Waals surface area contributed by atoms with Crippen molar-refractivity contribution in [2.24, 2.45) is 5.73 Å². The molecule has 1 rings (SSSR count). The summed E-state index contributed by atoms with van der Waals surface area (Å²) in [6, 6.07) is 5.74. The van der Waals surface area contributed by atoms with Gasteiger partial charge in [-0.1, -0.05) is 17.7 Å². The van der Waals surface area contributed by atoms with Crippen LogP contribution in [0, 0.1) is 0 Å². The zero-order chi connectivity index (χ0) is 14.4. The Labute approximate surface area is 121 Å². The van der Waals surface area contributed by atoms with Gasteiger partial charge in [-0.2, -0.15) is 0 Å². The first-order valence-corrected chi connectivity index (χ1v) is 6.76. The van der Waals surface area contributed by atoms with Crippen molar-refractivity contribution >= 4 is 11.6 Å². The first-order valence-electron chi connectivity index (χ1n) is 6.38. The third kappa shape index (κ3) is 4.35. The van der Waals surface area contributed by atoms with Crippen LogP contribution in [0.25, 0.3) is 0 Å². The van der Waals surface area contributed by atoms with Crippen molar-refractivity contribution in [2.75, 3.05) is 47.9 Å². The summed E-state index contributed by atoms with van der Waals surface area (Å²) in [4.78, 5) is 4.36. The Hall–Kier alpha value is -0.810. The Morgan fingerprint density at radius 3 is 2.47 bits per heavy atom. The van der Waals surface area contributed by atoms with Crippen molar-refractivity contribution in [3.63, 3.8) is 0 Å². The summed E-state index contributed by atoms with van der Waals surface area (Å²) in [5.41, 5.74) is 6.90. The molecule has 0 spiro atoms. The molecule has 4 nitrogen and oxygen atoms in total. The Morgan fingerprint density at radius 1 is 1.26 bits per heavy atom. The lowest BCUT2D eigenvalue weighted by Crippen LogP contribution is -2.35. The van der Waals surface area contributed by atoms with E-state index in [4.69, 9.17) is 22.1 Å². The molecule has 19 heavy (non-hydrogen) atoms. The maximum atomic E-state index is 6.32. The normalized spacial score (nSPS) is 13.1. The van der Waals surface area contributed by atoms with Crippen LogP contribution in [0.5, 0.6) is 5.75 Å². The summed E-state index contributed by atoms with van der Waals surface area (Å²) < 4.78 is 5.41. The van der Waals surface area contributed by atoms with E-state index < -0.39 is 0 Å². The number of nitrogens with zero attached hydrogens (tertiary/aromatic N) is 2. The lowest BCUT2D eigenvalue weighted by Gasteiger charge is -2.30. The molecule has 0 bridgehead atoms. The maximum Gasteiger partial charge on any atom is 0.125 e. The van der Waals surface area contributed by atoms with E-state index in [1.807, 2.05) is 18.2 Å². The average Bonchev–Trinajstić information content (AvgIpc) is 2.38. The Balaban J connectivity index is 2.96. The van der Waals surface area contributed by atoms with E-state index in [0.717, 1.165) is 24.4 Å². The van der Waals surface area contributed by atoms with Gasteiger partial charge in [0.2, 0.25) is 0 Å². The van der Waals surface area contributed by atoms with Gasteiger partial charge >= 0.3 is 0 Å². The lowest BCUT2D eigenvalue weighted by molar-refractivity contribution is 0.219. The number of nitrogens with two attached hydrogens (primary N) is 1. The van der Waals surface area contributed by atoms with Gasteiger partial charge in [-0.3, -0.25) is 4.90 Å². The summed E-state index contributed by atoms with van der Waals surface area (Å²) in [6.45, 7) is 2.40. The van der Waals surface area contributed by atoms with Crippen molar-refractivity contribution in [3.8, 4) is 5.75 Å². The van der Waals surface area contributed by atoms with E-state index in [1.165, 1.54) is 0 Å². The summed E-state index contributed by atoms with van der Waals surface area (Å²) in [7, 11) is 7.83. The molecule has 1 aromatic carbocycles. The maximum absolute atomic E-state index is 6.32. The minimum atomic E-state index is 0.0589. The molecular formula is C14H24ClN3O. The van der Waals surface area contributed by atoms with Crippen LogP contribution in [0.2, 0.25) is 5.02 Å². The van der Waals surface area contributed by atoms with E-state index in [2.05, 4.69) is 30.9 Å². The molecule has 0 saturated heterocycles. The SMILES string of the molecule is COc1cccc(Cl)c1C(CN)N(C)CCN(C)C. The van der Waals surface area contributed by atoms with E-state index in [0.29, 0.717) is 11.6 Å². The van der Waals surface area contributed by atoms with E-state index in [9.17, 15) is 0 Å². The van der Waals surface area contributed by atoms with Crippen LogP contribution in [-0.4, -0.2) is 57.7 Å². The minimum Gasteiger partial charge on any atom is -0.496 e. The molecule has 0 saturated carbocycles. The van der Waals surface area contributed by atoms with Crippen LogP contribution in [0.3, 0.4) is 0 Å². The summed E-state index contributed by atoms with van der Waals surface area (Å²) in [5, 5.41) is 0.700. The highest BCUT2D eigenvalue weighted by Gasteiger charge is 2.22. The largest absolute Gasteiger partial charge is 0.496 e. The van der Waals surface area contributed by atoms with Crippen LogP contribution >= 0.6 is 11.6 Å². The molecule has 0 radical (unpaired) electrons. The molecule has 1 unspecified atom stereocenters. The van der Waals surface area contributed by atoms with Gasteiger partial charge in [-0.15, -0.1) is 0 Å². The second-order valence-corrected chi connectivity index (χ2v) is 5.30. The second kappa shape index (κ2) is 7.70. The van der Waals surface area contributed by atoms with E-state index >= 15 is 0 Å². The first-order chi connectivity index (χ1) is 9.01. The van der Waals surface area contributed by atoms with Gasteiger partial charge in [-0.05, 0) is 33.3 Å². The third-order valence-corrected chi connectivity index (χ3v) is 3.55. The average molecular weight is 286 g/mol. The van der Waals surface area contributed by atoms with Gasteiger partial charge in [-0.25, -0.2) is 0 Å². The number of benzene rings is 1. The monoisotopic (exact) mass is 285 g/mol. The lowest BCUT2D eigenvalue weighted by atomic mass is 10.0. The highest BCUT2D eigenvalue weighted by molar-refractivity contribution is 6.31. The minimum absolute atomic E-state index is 0.0589. The molecule has 5 heteroatoms. The Kier molecular flexibility index (Phi) is 6.58. The van der Waals surface area contributed by atoms with Crippen molar-refractivity contribution in [3.05, 3.63) is 28.8 Å². The van der Waals surface area contributed by atoms with Crippen LogP contribution in [0.15, 0.2) is 18.2 Å². The molecule has 1 aromatic rings. The zero-order valence-electron chi connectivity index (χ0n) is 12.2. The van der Waals surface area contributed by atoms with Crippen molar-refractivity contribution < 1.29 is 4.74 Å². The number of likely N-dealkylation sites (N-methyl/N-ethyl adjacent to an activating group) is 2. The molecule has 0 amide bonds. The molecule has 0 aliphatic heterocycles. The van der Waals surface area contributed by atoms with Crippen LogP contribution in [-0.2, 0) is 0 Å². The fourth-order valence-electron chi connectivity index (χ4n) is 2.05. The van der Waals surface area contributed by atoms with Crippen molar-refractivity contribution in [2.45, 2.75) is 6.04 Å². The Morgan fingerprint density at radius 2 is 1.95 bits per heavy atom. The van der Waals surface area contributed by atoms with Gasteiger partial charge in [0.15, 0.2) is 0 Å². The third-order valence-electron chi connectivity index (χ3n) is 3.22. The number of methoxy groups -OCH3 is 1. The fourth-order valence-corrected chi connectivity index (χ4v) is 2.34.